The Morgan fingerprint density at radius 2 is 1.63 bits per heavy atom. The van der Waals surface area contributed by atoms with Crippen LogP contribution in [0.4, 0.5) is 0 Å². The summed E-state index contributed by atoms with van der Waals surface area (Å²) in [5.41, 5.74) is 4.32. The quantitative estimate of drug-likeness (QED) is 0.0309. The van der Waals surface area contributed by atoms with Gasteiger partial charge in [0.2, 0.25) is 12.1 Å². The smallest absolute Gasteiger partial charge is 0.221 e. The Hall–Kier alpha value is -3.91. The van der Waals surface area contributed by atoms with Crippen molar-refractivity contribution in [3.63, 3.8) is 0 Å². The first-order valence-corrected chi connectivity index (χ1v) is 15.5. The Morgan fingerprint density at radius 3 is 2.16 bits per heavy atom. The molecule has 0 aliphatic heterocycles. The van der Waals surface area contributed by atoms with E-state index in [9.17, 15) is 14.7 Å². The Morgan fingerprint density at radius 1 is 1.02 bits per heavy atom. The van der Waals surface area contributed by atoms with Crippen LogP contribution in [0.1, 0.15) is 54.8 Å². The number of allylic oxidation sites excluding steroid dienone is 5. The molecule has 1 unspecified atom stereocenters. The van der Waals surface area contributed by atoms with Crippen molar-refractivity contribution in [3.8, 4) is 0 Å². The molecule has 1 atom stereocenters. The lowest BCUT2D eigenvalue weighted by atomic mass is 9.95. The first kappa shape index (κ1) is 32.0. The van der Waals surface area contributed by atoms with Gasteiger partial charge in [-0.1, -0.05) is 41.6 Å². The monoisotopic (exact) mass is 614 g/mol. The predicted octanol–water partition coefficient (Wildman–Crippen LogP) is 8.81. The normalized spacial score (nSPS) is 13.2. The fourth-order valence-electron chi connectivity index (χ4n) is 4.94. The number of Topliss-reactive ketones (excluding diaryl/α,β-unsaturated/α-hetero) is 2. The highest BCUT2D eigenvalue weighted by molar-refractivity contribution is 7.99. The number of aliphatic hydroxyl groups is 1. The predicted molar refractivity (Wildman–Crippen MR) is 178 cm³/mol. The second-order valence-corrected chi connectivity index (χ2v) is 11.5. The maximum Gasteiger partial charge on any atom is 0.221 e. The molecule has 8 heteroatoms. The number of rotatable bonds is 13. The first-order chi connectivity index (χ1) is 20.7. The minimum absolute atomic E-state index is 0.111. The summed E-state index contributed by atoms with van der Waals surface area (Å²) < 4.78 is 2.16. The van der Waals surface area contributed by atoms with Crippen LogP contribution >= 0.6 is 23.4 Å². The van der Waals surface area contributed by atoms with E-state index in [1.54, 1.807) is 23.9 Å². The molecule has 4 rings (SSSR count). The van der Waals surface area contributed by atoms with Crippen molar-refractivity contribution in [1.82, 2.24) is 4.57 Å². The van der Waals surface area contributed by atoms with E-state index >= 15 is 0 Å². The van der Waals surface area contributed by atoms with E-state index in [4.69, 9.17) is 16.4 Å². The summed E-state index contributed by atoms with van der Waals surface area (Å²) in [5.74, 6) is 0.173. The van der Waals surface area contributed by atoms with Crippen LogP contribution in [0.25, 0.3) is 21.8 Å². The van der Waals surface area contributed by atoms with Crippen LogP contribution in [0.5, 0.6) is 0 Å². The van der Waals surface area contributed by atoms with Crippen molar-refractivity contribution < 1.29 is 19.5 Å². The number of nitrogens with zero attached hydrogens (tertiary/aromatic N) is 2. The zero-order valence-corrected chi connectivity index (χ0v) is 26.3. The molecule has 0 saturated heterocycles. The van der Waals surface area contributed by atoms with Gasteiger partial charge in [0, 0.05) is 74.1 Å². The summed E-state index contributed by atoms with van der Waals surface area (Å²) in [6.45, 7) is 12.0. The number of hydrogen-bond acceptors (Lipinski definition) is 6. The van der Waals surface area contributed by atoms with Gasteiger partial charge in [-0.05, 0) is 87.0 Å². The lowest BCUT2D eigenvalue weighted by Crippen LogP contribution is -2.17. The molecule has 0 aliphatic carbocycles. The Bertz CT molecular complexity index is 1760. The van der Waals surface area contributed by atoms with Gasteiger partial charge >= 0.3 is 0 Å². The summed E-state index contributed by atoms with van der Waals surface area (Å²) in [5, 5.41) is 16.1. The third-order valence-corrected chi connectivity index (χ3v) is 8.22. The van der Waals surface area contributed by atoms with Gasteiger partial charge < -0.3 is 14.5 Å². The van der Waals surface area contributed by atoms with Crippen molar-refractivity contribution in [2.75, 3.05) is 5.75 Å². The highest BCUT2D eigenvalue weighted by Crippen LogP contribution is 2.32. The van der Waals surface area contributed by atoms with Crippen LogP contribution in [0.3, 0.4) is 0 Å². The lowest BCUT2D eigenvalue weighted by Gasteiger charge is -2.09. The molecule has 43 heavy (non-hydrogen) atoms. The van der Waals surface area contributed by atoms with Crippen molar-refractivity contribution in [3.05, 3.63) is 113 Å². The summed E-state index contributed by atoms with van der Waals surface area (Å²) in [6.07, 6.45) is 4.63. The Kier molecular flexibility index (Phi) is 10.8. The fraction of sp³-hybridized carbons (Fsp3) is 0.229. The molecule has 0 saturated carbocycles. The minimum Gasteiger partial charge on any atom is -0.364 e. The highest BCUT2D eigenvalue weighted by Gasteiger charge is 2.20. The van der Waals surface area contributed by atoms with Crippen molar-refractivity contribution in [2.24, 2.45) is 5.16 Å². The van der Waals surface area contributed by atoms with Gasteiger partial charge in [0.25, 0.3) is 0 Å². The van der Waals surface area contributed by atoms with E-state index in [0.29, 0.717) is 39.5 Å². The number of carbonyl (C=O) groups is 2. The van der Waals surface area contributed by atoms with Crippen LogP contribution in [-0.4, -0.2) is 39.0 Å². The second kappa shape index (κ2) is 14.5. The number of halogens is 1. The molecule has 6 nitrogen and oxygen atoms in total. The van der Waals surface area contributed by atoms with E-state index in [1.807, 2.05) is 80.6 Å². The molecular weight excluding hydrogens is 580 g/mol. The molecule has 0 radical (unpaired) electrons. The van der Waals surface area contributed by atoms with Crippen LogP contribution < -0.4 is 0 Å². The number of carbonyl (C=O) groups excluding carboxylic acids is 2. The van der Waals surface area contributed by atoms with Crippen LogP contribution in [0.2, 0.25) is 5.02 Å². The lowest BCUT2D eigenvalue weighted by molar-refractivity contribution is -0.0837. The average molecular weight is 615 g/mol. The van der Waals surface area contributed by atoms with E-state index in [0.717, 1.165) is 33.2 Å². The SMILES string of the molecule is C=C(C=CC)/C(=C\C)C(=O)c1ccc2c(c1)c1cc(C(=O)C(CCSc3ccc(Cl)cc3)=NOC(C)O)ccc1n2CC. The van der Waals surface area contributed by atoms with Gasteiger partial charge in [0.1, 0.15) is 5.71 Å². The molecular formula is C35H35ClN2O4S. The number of fused-ring (bicyclic) bond motifs is 3. The number of aromatic nitrogens is 1. The molecule has 1 N–H and O–H groups in total. The van der Waals surface area contributed by atoms with Crippen LogP contribution in [0, 0.1) is 0 Å². The molecule has 0 aliphatic rings. The average Bonchev–Trinajstić information content (AvgIpc) is 3.32. The van der Waals surface area contributed by atoms with E-state index in [1.165, 1.54) is 6.92 Å². The van der Waals surface area contributed by atoms with Gasteiger partial charge in [-0.25, -0.2) is 0 Å². The number of benzene rings is 3. The summed E-state index contributed by atoms with van der Waals surface area (Å²) in [7, 11) is 0. The zero-order valence-electron chi connectivity index (χ0n) is 24.8. The third-order valence-electron chi connectivity index (χ3n) is 6.95. The van der Waals surface area contributed by atoms with Crippen LogP contribution in [0.15, 0.2) is 107 Å². The standard InChI is InChI=1S/C35H35ClN2O4S/c1-6-9-22(4)28(7-2)34(40)24-10-16-32-29(20-24)30-21-25(11-17-33(30)38(32)8-3)35(41)31(37-42-23(5)39)18-19-43-27-14-12-26(36)13-15-27/h6-7,9-17,20-21,23,39H,4,8,18-19H2,1-3,5H3/b9-6?,28-7+,37-31?. The maximum atomic E-state index is 13.7. The Labute approximate surface area is 261 Å². The van der Waals surface area contributed by atoms with Gasteiger partial charge in [-0.2, -0.15) is 0 Å². The second-order valence-electron chi connectivity index (χ2n) is 9.89. The molecule has 0 bridgehead atoms. The first-order valence-electron chi connectivity index (χ1n) is 14.1. The van der Waals surface area contributed by atoms with E-state index < -0.39 is 6.29 Å². The summed E-state index contributed by atoms with van der Waals surface area (Å²) >= 11 is 7.56. The van der Waals surface area contributed by atoms with Crippen molar-refractivity contribution in [1.29, 1.82) is 0 Å². The van der Waals surface area contributed by atoms with Gasteiger partial charge in [0.15, 0.2) is 5.78 Å². The summed E-state index contributed by atoms with van der Waals surface area (Å²) in [4.78, 5) is 33.3. The van der Waals surface area contributed by atoms with E-state index in [-0.39, 0.29) is 17.3 Å². The fourth-order valence-corrected chi connectivity index (χ4v) is 5.93. The highest BCUT2D eigenvalue weighted by atomic mass is 35.5. The number of aliphatic hydroxyl groups excluding tert-OH is 1. The number of aryl methyl sites for hydroxylation is 1. The van der Waals surface area contributed by atoms with Gasteiger partial charge in [-0.15, -0.1) is 11.8 Å². The molecule has 222 valence electrons. The number of oxime groups is 1. The minimum atomic E-state index is -1.15. The largest absolute Gasteiger partial charge is 0.364 e. The van der Waals surface area contributed by atoms with Crippen LogP contribution in [-0.2, 0) is 11.4 Å². The molecule has 1 aromatic heterocycles. The molecule has 3 aromatic carbocycles. The maximum absolute atomic E-state index is 13.7. The van der Waals surface area contributed by atoms with Gasteiger partial charge in [-0.3, -0.25) is 9.59 Å². The summed E-state index contributed by atoms with van der Waals surface area (Å²) in [6, 6.07) is 18.7. The third kappa shape index (κ3) is 7.36. The van der Waals surface area contributed by atoms with Crippen molar-refractivity contribution >= 4 is 62.4 Å². The molecule has 0 spiro atoms. The number of ketones is 2. The number of hydrogen-bond donors (Lipinski definition) is 1. The van der Waals surface area contributed by atoms with Crippen molar-refractivity contribution in [2.45, 2.75) is 51.8 Å². The van der Waals surface area contributed by atoms with E-state index in [2.05, 4.69) is 23.2 Å². The molecule has 1 heterocycles. The number of thioether (sulfide) groups is 1. The topological polar surface area (TPSA) is 80.9 Å². The van der Waals surface area contributed by atoms with Gasteiger partial charge in [0.05, 0.1) is 0 Å². The zero-order chi connectivity index (χ0) is 31.1. The Balaban J connectivity index is 1.71. The molecule has 4 aromatic rings. The molecule has 0 fully saturated rings. The molecule has 0 amide bonds.